The fourth-order valence-corrected chi connectivity index (χ4v) is 6.04. The third-order valence-electron chi connectivity index (χ3n) is 6.38. The van der Waals surface area contributed by atoms with E-state index in [1.54, 1.807) is 0 Å². The Bertz CT molecular complexity index is 1050. The second-order valence-corrected chi connectivity index (χ2v) is 9.61. The van der Waals surface area contributed by atoms with Crippen LogP contribution in [0.2, 0.25) is 0 Å². The zero-order valence-corrected chi connectivity index (χ0v) is 17.7. The van der Waals surface area contributed by atoms with E-state index in [4.69, 9.17) is 0 Å². The molecule has 2 N–H and O–H groups in total. The fraction of sp³-hybridized carbons (Fsp3) is 0.455. The third kappa shape index (κ3) is 3.10. The van der Waals surface area contributed by atoms with Crippen LogP contribution in [0.3, 0.4) is 0 Å². The Morgan fingerprint density at radius 2 is 2.17 bits per heavy atom. The number of benzene rings is 1. The van der Waals surface area contributed by atoms with Gasteiger partial charge in [0, 0.05) is 4.88 Å². The molecule has 30 heavy (non-hydrogen) atoms. The molecular formula is C22H24N4O3S. The maximum atomic E-state index is 13.3. The van der Waals surface area contributed by atoms with Gasteiger partial charge in [0.15, 0.2) is 5.13 Å². The van der Waals surface area contributed by atoms with Crippen LogP contribution in [0.15, 0.2) is 24.3 Å². The van der Waals surface area contributed by atoms with Crippen molar-refractivity contribution < 1.29 is 14.4 Å². The summed E-state index contributed by atoms with van der Waals surface area (Å²) in [7, 11) is 0. The maximum Gasteiger partial charge on any atom is 0.325 e. The molecule has 1 saturated heterocycles. The van der Waals surface area contributed by atoms with Crippen molar-refractivity contribution >= 4 is 34.3 Å². The van der Waals surface area contributed by atoms with Gasteiger partial charge in [-0.3, -0.25) is 14.5 Å². The monoisotopic (exact) mass is 424 g/mol. The first-order chi connectivity index (χ1) is 14.5. The largest absolute Gasteiger partial charge is 0.325 e. The summed E-state index contributed by atoms with van der Waals surface area (Å²) in [5, 5.41) is 6.22. The summed E-state index contributed by atoms with van der Waals surface area (Å²) in [6, 6.07) is 7.21. The molecule has 1 aromatic carbocycles. The fourth-order valence-electron chi connectivity index (χ4n) is 4.85. The van der Waals surface area contributed by atoms with Gasteiger partial charge >= 0.3 is 6.03 Å². The van der Waals surface area contributed by atoms with Crippen molar-refractivity contribution in [3.63, 3.8) is 0 Å². The van der Waals surface area contributed by atoms with Crippen LogP contribution in [-0.2, 0) is 34.4 Å². The molecule has 8 heteroatoms. The number of nitrogens with one attached hydrogen (secondary N) is 2. The molecule has 1 fully saturated rings. The van der Waals surface area contributed by atoms with Gasteiger partial charge in [0.25, 0.3) is 5.91 Å². The zero-order valence-electron chi connectivity index (χ0n) is 16.9. The molecule has 0 saturated carbocycles. The first-order valence-electron chi connectivity index (χ1n) is 10.5. The number of carbonyl (C=O) groups is 3. The number of anilines is 1. The van der Waals surface area contributed by atoms with Crippen LogP contribution in [-0.4, -0.2) is 34.3 Å². The Morgan fingerprint density at radius 3 is 3.03 bits per heavy atom. The van der Waals surface area contributed by atoms with Gasteiger partial charge in [-0.25, -0.2) is 9.78 Å². The SMILES string of the molecule is C[C@@H]1CCc2nc(NC(=O)CN3C(=O)N[C@@]4(CCCc5ccccc54)C3=O)sc2C1. The van der Waals surface area contributed by atoms with Gasteiger partial charge in [-0.05, 0) is 55.6 Å². The predicted octanol–water partition coefficient (Wildman–Crippen LogP) is 2.99. The topological polar surface area (TPSA) is 91.4 Å². The minimum atomic E-state index is -1.05. The summed E-state index contributed by atoms with van der Waals surface area (Å²) < 4.78 is 0. The molecule has 1 spiro atoms. The van der Waals surface area contributed by atoms with Crippen LogP contribution in [0.25, 0.3) is 0 Å². The summed E-state index contributed by atoms with van der Waals surface area (Å²) in [4.78, 5) is 45.4. The van der Waals surface area contributed by atoms with Crippen molar-refractivity contribution in [2.24, 2.45) is 5.92 Å². The number of fused-ring (bicyclic) bond motifs is 3. The second kappa shape index (κ2) is 7.19. The molecule has 156 valence electrons. The molecule has 2 aliphatic carbocycles. The molecule has 0 radical (unpaired) electrons. The van der Waals surface area contributed by atoms with E-state index in [-0.39, 0.29) is 12.5 Å². The second-order valence-electron chi connectivity index (χ2n) is 8.52. The lowest BCUT2D eigenvalue weighted by Gasteiger charge is -2.33. The van der Waals surface area contributed by atoms with Gasteiger partial charge in [-0.2, -0.15) is 0 Å². The highest BCUT2D eigenvalue weighted by Crippen LogP contribution is 2.40. The lowest BCUT2D eigenvalue weighted by atomic mass is 9.76. The summed E-state index contributed by atoms with van der Waals surface area (Å²) in [6.07, 6.45) is 5.26. The van der Waals surface area contributed by atoms with E-state index in [1.807, 2.05) is 24.3 Å². The molecule has 5 rings (SSSR count). The van der Waals surface area contributed by atoms with Crippen molar-refractivity contribution in [3.8, 4) is 0 Å². The van der Waals surface area contributed by atoms with E-state index >= 15 is 0 Å². The summed E-state index contributed by atoms with van der Waals surface area (Å²) in [6.45, 7) is 1.91. The standard InChI is InChI=1S/C22H24N4O3S/c1-13-8-9-16-17(11-13)30-20(23-16)24-18(27)12-26-19(28)22(25-21(26)29)10-4-6-14-5-2-3-7-15(14)22/h2-3,5,7,13H,4,6,8-12H2,1H3,(H,25,29)(H,23,24,27)/t13-,22-/m1/s1. The first-order valence-corrected chi connectivity index (χ1v) is 11.3. The van der Waals surface area contributed by atoms with E-state index < -0.39 is 17.5 Å². The van der Waals surface area contributed by atoms with Crippen molar-refractivity contribution in [3.05, 3.63) is 46.0 Å². The first kappa shape index (κ1) is 19.2. The number of rotatable bonds is 3. The Labute approximate surface area is 178 Å². The van der Waals surface area contributed by atoms with E-state index in [1.165, 1.54) is 16.2 Å². The van der Waals surface area contributed by atoms with Gasteiger partial charge in [-0.1, -0.05) is 31.2 Å². The summed E-state index contributed by atoms with van der Waals surface area (Å²) in [5.41, 5.74) is 1.93. The number of amides is 4. The van der Waals surface area contributed by atoms with Crippen LogP contribution in [0, 0.1) is 5.92 Å². The highest BCUT2D eigenvalue weighted by atomic mass is 32.1. The summed E-state index contributed by atoms with van der Waals surface area (Å²) in [5.74, 6) is -0.122. The average molecular weight is 425 g/mol. The molecule has 3 aliphatic rings. The number of thiazole rings is 1. The minimum absolute atomic E-state index is 0.310. The number of urea groups is 1. The molecule has 0 bridgehead atoms. The van der Waals surface area contributed by atoms with Gasteiger partial charge in [0.2, 0.25) is 5.91 Å². The summed E-state index contributed by atoms with van der Waals surface area (Å²) >= 11 is 1.49. The average Bonchev–Trinajstić information content (AvgIpc) is 3.22. The molecular weight excluding hydrogens is 400 g/mol. The Kier molecular flexibility index (Phi) is 4.61. The van der Waals surface area contributed by atoms with Gasteiger partial charge in [0.1, 0.15) is 12.1 Å². The Morgan fingerprint density at radius 1 is 1.33 bits per heavy atom. The molecule has 1 aliphatic heterocycles. The quantitative estimate of drug-likeness (QED) is 0.741. The van der Waals surface area contributed by atoms with Crippen LogP contribution >= 0.6 is 11.3 Å². The number of aryl methyl sites for hydroxylation is 2. The normalized spacial score (nSPS) is 25.1. The molecule has 2 aromatic rings. The third-order valence-corrected chi connectivity index (χ3v) is 7.42. The van der Waals surface area contributed by atoms with Crippen LogP contribution in [0.5, 0.6) is 0 Å². The van der Waals surface area contributed by atoms with E-state index in [0.717, 1.165) is 53.8 Å². The molecule has 2 atom stereocenters. The van der Waals surface area contributed by atoms with E-state index in [2.05, 4.69) is 22.5 Å². The molecule has 1 aromatic heterocycles. The van der Waals surface area contributed by atoms with Crippen LogP contribution in [0.4, 0.5) is 9.93 Å². The number of aromatic nitrogens is 1. The molecule has 4 amide bonds. The van der Waals surface area contributed by atoms with E-state index in [0.29, 0.717) is 17.5 Å². The Hall–Kier alpha value is -2.74. The number of carbonyl (C=O) groups excluding carboxylic acids is 3. The predicted molar refractivity (Wildman–Crippen MR) is 113 cm³/mol. The Balaban J connectivity index is 1.32. The minimum Gasteiger partial charge on any atom is -0.319 e. The number of imide groups is 1. The van der Waals surface area contributed by atoms with Crippen molar-refractivity contribution in [2.45, 2.75) is 51.0 Å². The molecule has 2 heterocycles. The number of nitrogens with zero attached hydrogens (tertiary/aromatic N) is 2. The van der Waals surface area contributed by atoms with Gasteiger partial charge < -0.3 is 10.6 Å². The molecule has 7 nitrogen and oxygen atoms in total. The van der Waals surface area contributed by atoms with Crippen LogP contribution in [0.1, 0.15) is 47.9 Å². The van der Waals surface area contributed by atoms with Crippen molar-refractivity contribution in [1.29, 1.82) is 0 Å². The molecule has 0 unspecified atom stereocenters. The van der Waals surface area contributed by atoms with Gasteiger partial charge in [0.05, 0.1) is 5.69 Å². The lowest BCUT2D eigenvalue weighted by molar-refractivity contribution is -0.134. The van der Waals surface area contributed by atoms with Crippen LogP contribution < -0.4 is 10.6 Å². The highest BCUT2D eigenvalue weighted by molar-refractivity contribution is 7.15. The van der Waals surface area contributed by atoms with E-state index in [9.17, 15) is 14.4 Å². The number of hydrogen-bond donors (Lipinski definition) is 2. The highest BCUT2D eigenvalue weighted by Gasteiger charge is 2.54. The smallest absolute Gasteiger partial charge is 0.319 e. The number of hydrogen-bond acceptors (Lipinski definition) is 5. The van der Waals surface area contributed by atoms with Crippen molar-refractivity contribution in [2.75, 3.05) is 11.9 Å². The maximum absolute atomic E-state index is 13.3. The van der Waals surface area contributed by atoms with Gasteiger partial charge in [-0.15, -0.1) is 11.3 Å². The zero-order chi connectivity index (χ0) is 20.9. The lowest BCUT2D eigenvalue weighted by Crippen LogP contribution is -2.47. The van der Waals surface area contributed by atoms with Crippen molar-refractivity contribution in [1.82, 2.24) is 15.2 Å².